The molecule has 0 spiro atoms. The van der Waals surface area contributed by atoms with Crippen LogP contribution in [-0.2, 0) is 6.42 Å². The third-order valence-electron chi connectivity index (χ3n) is 4.60. The Morgan fingerprint density at radius 2 is 2.05 bits per heavy atom. The average Bonchev–Trinajstić information content (AvgIpc) is 2.48. The highest BCUT2D eigenvalue weighted by molar-refractivity contribution is 5.41. The van der Waals surface area contributed by atoms with Crippen LogP contribution in [0.15, 0.2) is 6.20 Å². The monoisotopic (exact) mass is 277 g/mol. The van der Waals surface area contributed by atoms with Crippen molar-refractivity contribution in [2.24, 2.45) is 11.8 Å². The molecule has 0 saturated heterocycles. The molecular formula is C16H27N3O. The first-order chi connectivity index (χ1) is 9.67. The van der Waals surface area contributed by atoms with Crippen LogP contribution >= 0.6 is 0 Å². The zero-order valence-corrected chi connectivity index (χ0v) is 12.9. The number of nitrogens with zero attached hydrogens (tertiary/aromatic N) is 1. The maximum Gasteiger partial charge on any atom is 0.128 e. The molecule has 0 bridgehead atoms. The van der Waals surface area contributed by atoms with Crippen molar-refractivity contribution >= 4 is 0 Å². The van der Waals surface area contributed by atoms with Gasteiger partial charge in [0.05, 0.1) is 7.11 Å². The molecule has 1 aliphatic rings. The molecule has 1 heterocycles. The van der Waals surface area contributed by atoms with E-state index in [9.17, 15) is 0 Å². The van der Waals surface area contributed by atoms with Gasteiger partial charge < -0.3 is 4.74 Å². The van der Waals surface area contributed by atoms with Crippen molar-refractivity contribution in [2.75, 3.05) is 7.11 Å². The molecule has 0 amide bonds. The molecule has 3 N–H and O–H groups in total. The van der Waals surface area contributed by atoms with Crippen molar-refractivity contribution in [3.8, 4) is 5.75 Å². The average molecular weight is 277 g/mol. The summed E-state index contributed by atoms with van der Waals surface area (Å²) in [7, 11) is 1.72. The van der Waals surface area contributed by atoms with Gasteiger partial charge in [0.25, 0.3) is 0 Å². The number of aryl methyl sites for hydroxylation is 1. The summed E-state index contributed by atoms with van der Waals surface area (Å²) < 4.78 is 5.49. The Bertz CT molecular complexity index is 442. The van der Waals surface area contributed by atoms with E-state index in [0.717, 1.165) is 29.0 Å². The number of aromatic nitrogens is 1. The Hall–Kier alpha value is -1.13. The molecule has 1 fully saturated rings. The lowest BCUT2D eigenvalue weighted by Crippen LogP contribution is -2.43. The van der Waals surface area contributed by atoms with Crippen LogP contribution < -0.4 is 16.0 Å². The Labute approximate surface area is 122 Å². The van der Waals surface area contributed by atoms with E-state index in [1.165, 1.54) is 32.1 Å². The quantitative estimate of drug-likeness (QED) is 0.641. The normalized spacial score (nSPS) is 18.0. The SMILES string of the molecule is COc1c(C)cnc(CC(NN)C2CCCCC2)c1C. The molecule has 0 aromatic carbocycles. The fourth-order valence-electron chi connectivity index (χ4n) is 3.38. The molecule has 1 aliphatic carbocycles. The van der Waals surface area contributed by atoms with Gasteiger partial charge in [-0.3, -0.25) is 16.3 Å². The van der Waals surface area contributed by atoms with Gasteiger partial charge in [-0.1, -0.05) is 19.3 Å². The molecule has 1 saturated carbocycles. The zero-order valence-electron chi connectivity index (χ0n) is 12.9. The standard InChI is InChI=1S/C16H27N3O/c1-11-10-18-14(12(2)16(11)20-3)9-15(19-17)13-7-5-4-6-8-13/h10,13,15,19H,4-9,17H2,1-3H3. The van der Waals surface area contributed by atoms with Gasteiger partial charge in [-0.2, -0.15) is 0 Å². The number of hydrogen-bond acceptors (Lipinski definition) is 4. The summed E-state index contributed by atoms with van der Waals surface area (Å²) >= 11 is 0. The van der Waals surface area contributed by atoms with E-state index in [0.29, 0.717) is 12.0 Å². The lowest BCUT2D eigenvalue weighted by Gasteiger charge is -2.30. The molecule has 1 aromatic rings. The lowest BCUT2D eigenvalue weighted by atomic mass is 9.82. The molecule has 112 valence electrons. The first-order valence-electron chi connectivity index (χ1n) is 7.62. The van der Waals surface area contributed by atoms with Crippen LogP contribution in [-0.4, -0.2) is 18.1 Å². The Balaban J connectivity index is 2.14. The number of rotatable bonds is 5. The highest BCUT2D eigenvalue weighted by Crippen LogP contribution is 2.30. The number of pyridine rings is 1. The smallest absolute Gasteiger partial charge is 0.128 e. The molecular weight excluding hydrogens is 250 g/mol. The summed E-state index contributed by atoms with van der Waals surface area (Å²) in [5, 5.41) is 0. The molecule has 4 nitrogen and oxygen atoms in total. The second-order valence-corrected chi connectivity index (χ2v) is 5.92. The summed E-state index contributed by atoms with van der Waals surface area (Å²) in [6, 6.07) is 0.314. The minimum absolute atomic E-state index is 0.314. The molecule has 20 heavy (non-hydrogen) atoms. The predicted molar refractivity (Wildman–Crippen MR) is 81.7 cm³/mol. The van der Waals surface area contributed by atoms with Crippen LogP contribution in [0.4, 0.5) is 0 Å². The lowest BCUT2D eigenvalue weighted by molar-refractivity contribution is 0.267. The topological polar surface area (TPSA) is 60.2 Å². The fraction of sp³-hybridized carbons (Fsp3) is 0.688. The van der Waals surface area contributed by atoms with Gasteiger partial charge in [0, 0.05) is 35.5 Å². The third kappa shape index (κ3) is 3.30. The van der Waals surface area contributed by atoms with E-state index in [1.54, 1.807) is 7.11 Å². The molecule has 1 atom stereocenters. The van der Waals surface area contributed by atoms with E-state index < -0.39 is 0 Å². The van der Waals surface area contributed by atoms with Gasteiger partial charge in [-0.25, -0.2) is 0 Å². The number of ether oxygens (including phenoxy) is 1. The van der Waals surface area contributed by atoms with Gasteiger partial charge >= 0.3 is 0 Å². The highest BCUT2D eigenvalue weighted by atomic mass is 16.5. The van der Waals surface area contributed by atoms with Crippen molar-refractivity contribution in [3.05, 3.63) is 23.0 Å². The summed E-state index contributed by atoms with van der Waals surface area (Å²) in [5.74, 6) is 7.41. The molecule has 0 aliphatic heterocycles. The summed E-state index contributed by atoms with van der Waals surface area (Å²) in [6.07, 6.45) is 9.34. The second kappa shape index (κ2) is 7.04. The van der Waals surface area contributed by atoms with Crippen molar-refractivity contribution in [2.45, 2.75) is 58.4 Å². The molecule has 1 aromatic heterocycles. The molecule has 1 unspecified atom stereocenters. The number of nitrogens with two attached hydrogens (primary N) is 1. The maximum atomic E-state index is 5.79. The minimum atomic E-state index is 0.314. The van der Waals surface area contributed by atoms with Crippen molar-refractivity contribution in [3.63, 3.8) is 0 Å². The van der Waals surface area contributed by atoms with E-state index in [4.69, 9.17) is 10.6 Å². The van der Waals surface area contributed by atoms with E-state index in [-0.39, 0.29) is 0 Å². The van der Waals surface area contributed by atoms with Crippen LogP contribution in [0, 0.1) is 19.8 Å². The molecule has 4 heteroatoms. The second-order valence-electron chi connectivity index (χ2n) is 5.92. The number of hydrazine groups is 1. The van der Waals surface area contributed by atoms with Gasteiger partial charge in [-0.05, 0) is 32.6 Å². The first kappa shape index (κ1) is 15.3. The minimum Gasteiger partial charge on any atom is -0.496 e. The Morgan fingerprint density at radius 1 is 1.35 bits per heavy atom. The Morgan fingerprint density at radius 3 is 2.65 bits per heavy atom. The highest BCUT2D eigenvalue weighted by Gasteiger charge is 2.24. The van der Waals surface area contributed by atoms with Crippen molar-refractivity contribution < 1.29 is 4.74 Å². The molecule has 0 radical (unpaired) electrons. The molecule has 2 rings (SSSR count). The number of methoxy groups -OCH3 is 1. The zero-order chi connectivity index (χ0) is 14.5. The van der Waals surface area contributed by atoms with Crippen LogP contribution in [0.5, 0.6) is 5.75 Å². The summed E-state index contributed by atoms with van der Waals surface area (Å²) in [5.41, 5.74) is 6.35. The number of nitrogens with one attached hydrogen (secondary N) is 1. The van der Waals surface area contributed by atoms with Crippen LogP contribution in [0.25, 0.3) is 0 Å². The number of hydrogen-bond donors (Lipinski definition) is 2. The van der Waals surface area contributed by atoms with Crippen molar-refractivity contribution in [1.82, 2.24) is 10.4 Å². The largest absolute Gasteiger partial charge is 0.496 e. The summed E-state index contributed by atoms with van der Waals surface area (Å²) in [4.78, 5) is 4.59. The summed E-state index contributed by atoms with van der Waals surface area (Å²) in [6.45, 7) is 4.12. The predicted octanol–water partition coefficient (Wildman–Crippen LogP) is 2.66. The van der Waals surface area contributed by atoms with E-state index >= 15 is 0 Å². The Kier molecular flexibility index (Phi) is 5.38. The van der Waals surface area contributed by atoms with E-state index in [1.807, 2.05) is 13.1 Å². The van der Waals surface area contributed by atoms with Crippen LogP contribution in [0.1, 0.15) is 48.9 Å². The van der Waals surface area contributed by atoms with Gasteiger partial charge in [0.1, 0.15) is 5.75 Å². The fourth-order valence-corrected chi connectivity index (χ4v) is 3.38. The van der Waals surface area contributed by atoms with Crippen LogP contribution in [0.2, 0.25) is 0 Å². The maximum absolute atomic E-state index is 5.79. The van der Waals surface area contributed by atoms with Crippen LogP contribution in [0.3, 0.4) is 0 Å². The van der Waals surface area contributed by atoms with Crippen molar-refractivity contribution in [1.29, 1.82) is 0 Å². The van der Waals surface area contributed by atoms with E-state index in [2.05, 4.69) is 17.3 Å². The van der Waals surface area contributed by atoms with Gasteiger partial charge in [0.15, 0.2) is 0 Å². The van der Waals surface area contributed by atoms with Gasteiger partial charge in [-0.15, -0.1) is 0 Å². The third-order valence-corrected chi connectivity index (χ3v) is 4.60. The van der Waals surface area contributed by atoms with Gasteiger partial charge in [0.2, 0.25) is 0 Å². The first-order valence-corrected chi connectivity index (χ1v) is 7.62.